The standard InChI is InChI=1S/C31H37ClN4O5S/c1-31(2,3)29-27-28(19-12-13-23(39-4)24(15-19)40-5)42-18-26(38)35(17-25(37)33-16-20-9-8-14-41-20)30(27)36(34-29)22-11-7-6-10-21(22)32/h6-7,10-13,15,20,28H,8-9,14,16-18H2,1-5H3,(H,33,37)/t20-,28+/m0/s1. The van der Waals surface area contributed by atoms with Gasteiger partial charge in [0.25, 0.3) is 0 Å². The predicted octanol–water partition coefficient (Wildman–Crippen LogP) is 5.30. The number of nitrogens with zero attached hydrogens (tertiary/aromatic N) is 3. The maximum atomic E-state index is 13.9. The second kappa shape index (κ2) is 12.6. The van der Waals surface area contributed by atoms with Crippen molar-refractivity contribution in [1.29, 1.82) is 0 Å². The first-order valence-electron chi connectivity index (χ1n) is 14.0. The van der Waals surface area contributed by atoms with Crippen molar-refractivity contribution in [2.45, 2.75) is 50.4 Å². The first kappa shape index (κ1) is 30.3. The average molecular weight is 613 g/mol. The highest BCUT2D eigenvalue weighted by atomic mass is 35.5. The summed E-state index contributed by atoms with van der Waals surface area (Å²) in [5, 5.41) is 8.28. The number of anilines is 1. The van der Waals surface area contributed by atoms with Crippen LogP contribution in [-0.2, 0) is 19.7 Å². The summed E-state index contributed by atoms with van der Waals surface area (Å²) in [6.45, 7) is 7.23. The van der Waals surface area contributed by atoms with Crippen molar-refractivity contribution in [2.75, 3.05) is 44.6 Å². The summed E-state index contributed by atoms with van der Waals surface area (Å²) >= 11 is 8.21. The van der Waals surface area contributed by atoms with Crippen LogP contribution in [0.25, 0.3) is 5.69 Å². The van der Waals surface area contributed by atoms with Gasteiger partial charge in [-0.05, 0) is 42.7 Å². The molecule has 9 nitrogen and oxygen atoms in total. The lowest BCUT2D eigenvalue weighted by Crippen LogP contribution is -2.44. The van der Waals surface area contributed by atoms with Crippen LogP contribution in [0.15, 0.2) is 42.5 Å². The Labute approximate surface area is 255 Å². The number of carbonyl (C=O) groups is 2. The summed E-state index contributed by atoms with van der Waals surface area (Å²) in [7, 11) is 3.20. The van der Waals surface area contributed by atoms with Gasteiger partial charge in [-0.1, -0.05) is 50.6 Å². The quantitative estimate of drug-likeness (QED) is 0.369. The Hall–Kier alpha value is -3.21. The molecule has 2 amide bonds. The van der Waals surface area contributed by atoms with Gasteiger partial charge in [0, 0.05) is 24.1 Å². The van der Waals surface area contributed by atoms with Gasteiger partial charge < -0.3 is 19.5 Å². The van der Waals surface area contributed by atoms with Crippen LogP contribution in [0.1, 0.15) is 55.7 Å². The minimum atomic E-state index is -0.396. The van der Waals surface area contributed by atoms with Gasteiger partial charge >= 0.3 is 0 Å². The molecule has 3 heterocycles. The van der Waals surface area contributed by atoms with E-state index in [0.29, 0.717) is 41.2 Å². The van der Waals surface area contributed by atoms with Crippen molar-refractivity contribution < 1.29 is 23.8 Å². The molecule has 42 heavy (non-hydrogen) atoms. The number of para-hydroxylation sites is 1. The number of thioether (sulfide) groups is 1. The molecule has 0 unspecified atom stereocenters. The first-order valence-corrected chi connectivity index (χ1v) is 15.5. The molecule has 2 aromatic carbocycles. The smallest absolute Gasteiger partial charge is 0.240 e. The van der Waals surface area contributed by atoms with Crippen molar-refractivity contribution in [1.82, 2.24) is 15.1 Å². The number of nitrogens with one attached hydrogen (secondary N) is 1. The van der Waals surface area contributed by atoms with Crippen molar-refractivity contribution in [2.24, 2.45) is 0 Å². The molecule has 2 aliphatic heterocycles. The highest BCUT2D eigenvalue weighted by Gasteiger charge is 2.40. The van der Waals surface area contributed by atoms with E-state index in [1.54, 1.807) is 29.9 Å². The predicted molar refractivity (Wildman–Crippen MR) is 165 cm³/mol. The molecule has 1 N–H and O–H groups in total. The van der Waals surface area contributed by atoms with Crippen molar-refractivity contribution in [3.63, 3.8) is 0 Å². The number of amides is 2. The second-order valence-corrected chi connectivity index (χ2v) is 12.9. The number of fused-ring (bicyclic) bond motifs is 1. The summed E-state index contributed by atoms with van der Waals surface area (Å²) in [5.41, 5.74) is 2.83. The molecule has 2 aliphatic rings. The Balaban J connectivity index is 1.68. The third kappa shape index (κ3) is 6.11. The van der Waals surface area contributed by atoms with E-state index in [4.69, 9.17) is 30.9 Å². The second-order valence-electron chi connectivity index (χ2n) is 11.4. The summed E-state index contributed by atoms with van der Waals surface area (Å²) in [6, 6.07) is 13.2. The van der Waals surface area contributed by atoms with E-state index >= 15 is 0 Å². The lowest BCUT2D eigenvalue weighted by molar-refractivity contribution is -0.123. The molecule has 1 fully saturated rings. The van der Waals surface area contributed by atoms with Crippen LogP contribution in [0.3, 0.4) is 0 Å². The van der Waals surface area contributed by atoms with Crippen LogP contribution in [0, 0.1) is 0 Å². The van der Waals surface area contributed by atoms with E-state index in [1.807, 2.05) is 36.4 Å². The average Bonchev–Trinajstić information content (AvgIpc) is 3.61. The topological polar surface area (TPSA) is 94.9 Å². The fraction of sp³-hybridized carbons (Fsp3) is 0.452. The Kier molecular flexibility index (Phi) is 9.05. The number of hydrogen-bond donors (Lipinski definition) is 1. The van der Waals surface area contributed by atoms with Gasteiger partial charge in [0.2, 0.25) is 11.8 Å². The van der Waals surface area contributed by atoms with Gasteiger partial charge in [0.05, 0.1) is 47.7 Å². The van der Waals surface area contributed by atoms with Gasteiger partial charge in [0.15, 0.2) is 11.5 Å². The van der Waals surface area contributed by atoms with E-state index in [1.165, 1.54) is 11.8 Å². The summed E-state index contributed by atoms with van der Waals surface area (Å²) < 4.78 is 18.5. The third-order valence-corrected chi connectivity index (χ3v) is 9.02. The normalized spacial score (nSPS) is 18.9. The summed E-state index contributed by atoms with van der Waals surface area (Å²) in [6.07, 6.45) is 1.89. The number of methoxy groups -OCH3 is 2. The fourth-order valence-electron chi connectivity index (χ4n) is 5.38. The Morgan fingerprint density at radius 2 is 1.93 bits per heavy atom. The van der Waals surface area contributed by atoms with Crippen molar-refractivity contribution in [3.05, 3.63) is 64.3 Å². The zero-order valence-corrected chi connectivity index (χ0v) is 26.2. The summed E-state index contributed by atoms with van der Waals surface area (Å²) in [5.74, 6) is 1.46. The van der Waals surface area contributed by atoms with Gasteiger partial charge in [-0.25, -0.2) is 4.68 Å². The van der Waals surface area contributed by atoms with E-state index < -0.39 is 5.41 Å². The Morgan fingerprint density at radius 1 is 1.17 bits per heavy atom. The Bertz CT molecular complexity index is 1460. The minimum absolute atomic E-state index is 0.00418. The molecular weight excluding hydrogens is 576 g/mol. The van der Waals surface area contributed by atoms with E-state index in [9.17, 15) is 9.59 Å². The first-order chi connectivity index (χ1) is 20.1. The lowest BCUT2D eigenvalue weighted by atomic mass is 9.87. The van der Waals surface area contributed by atoms with Gasteiger partial charge in [-0.2, -0.15) is 5.10 Å². The minimum Gasteiger partial charge on any atom is -0.493 e. The molecule has 5 rings (SSSR count). The zero-order valence-electron chi connectivity index (χ0n) is 24.6. The van der Waals surface area contributed by atoms with E-state index in [0.717, 1.165) is 29.7 Å². The molecule has 3 aromatic rings. The molecule has 11 heteroatoms. The van der Waals surface area contributed by atoms with E-state index in [-0.39, 0.29) is 35.5 Å². The number of ether oxygens (including phenoxy) is 3. The van der Waals surface area contributed by atoms with E-state index in [2.05, 4.69) is 26.1 Å². The van der Waals surface area contributed by atoms with Crippen LogP contribution in [-0.4, -0.2) is 67.4 Å². The van der Waals surface area contributed by atoms with Crippen LogP contribution in [0.2, 0.25) is 5.02 Å². The third-order valence-electron chi connectivity index (χ3n) is 7.44. The largest absolute Gasteiger partial charge is 0.493 e. The van der Waals surface area contributed by atoms with Crippen LogP contribution in [0.4, 0.5) is 5.82 Å². The number of hydrogen-bond acceptors (Lipinski definition) is 7. The molecule has 0 radical (unpaired) electrons. The number of aromatic nitrogens is 2. The van der Waals surface area contributed by atoms with Crippen LogP contribution in [0.5, 0.6) is 11.5 Å². The van der Waals surface area contributed by atoms with Gasteiger partial charge in [0.1, 0.15) is 12.4 Å². The molecule has 224 valence electrons. The molecule has 0 saturated carbocycles. The van der Waals surface area contributed by atoms with Crippen LogP contribution < -0.4 is 19.7 Å². The van der Waals surface area contributed by atoms with Crippen molar-refractivity contribution >= 4 is 41.0 Å². The molecule has 2 atom stereocenters. The zero-order chi connectivity index (χ0) is 30.0. The van der Waals surface area contributed by atoms with Crippen molar-refractivity contribution in [3.8, 4) is 17.2 Å². The highest BCUT2D eigenvalue weighted by Crippen LogP contribution is 2.49. The monoisotopic (exact) mass is 612 g/mol. The molecule has 1 saturated heterocycles. The molecule has 0 aliphatic carbocycles. The molecular formula is C31H37ClN4O5S. The van der Waals surface area contributed by atoms with Crippen LogP contribution >= 0.6 is 23.4 Å². The number of benzene rings is 2. The highest BCUT2D eigenvalue weighted by molar-refractivity contribution is 8.00. The maximum Gasteiger partial charge on any atom is 0.240 e. The Morgan fingerprint density at radius 3 is 2.60 bits per heavy atom. The number of halogens is 1. The van der Waals surface area contributed by atoms with Gasteiger partial charge in [-0.15, -0.1) is 11.8 Å². The SMILES string of the molecule is COc1ccc([C@H]2SCC(=O)N(CC(=O)NC[C@@H]3CCCO3)c3c2c(C(C)(C)C)nn3-c2ccccc2Cl)cc1OC. The molecule has 0 bridgehead atoms. The maximum absolute atomic E-state index is 13.9. The van der Waals surface area contributed by atoms with Gasteiger partial charge in [-0.3, -0.25) is 14.5 Å². The molecule has 0 spiro atoms. The summed E-state index contributed by atoms with van der Waals surface area (Å²) in [4.78, 5) is 28.7. The number of rotatable bonds is 8. The number of carbonyl (C=O) groups excluding carboxylic acids is 2. The lowest BCUT2D eigenvalue weighted by Gasteiger charge is -2.25. The fourth-order valence-corrected chi connectivity index (χ4v) is 6.78. The molecule has 1 aromatic heterocycles.